The maximum atomic E-state index is 12.0. The van der Waals surface area contributed by atoms with Crippen LogP contribution in [0.1, 0.15) is 41.1 Å². The summed E-state index contributed by atoms with van der Waals surface area (Å²) in [5.74, 6) is 0.411. The van der Waals surface area contributed by atoms with Crippen molar-refractivity contribution in [2.45, 2.75) is 26.8 Å². The molecule has 6 nitrogen and oxygen atoms in total. The lowest BCUT2D eigenvalue weighted by Crippen LogP contribution is -2.27. The number of rotatable bonds is 5. The molecule has 0 aromatic carbocycles. The molecule has 1 amide bonds. The molecule has 0 fully saturated rings. The number of nitrogens with one attached hydrogen (secondary N) is 2. The fraction of sp³-hybridized carbons (Fsp3) is 0.385. The van der Waals surface area contributed by atoms with Gasteiger partial charge in [-0.2, -0.15) is 0 Å². The van der Waals surface area contributed by atoms with Crippen LogP contribution in [-0.4, -0.2) is 27.6 Å². The van der Waals surface area contributed by atoms with E-state index in [4.69, 9.17) is 0 Å². The molecule has 2 heterocycles. The molecule has 2 N–H and O–H groups in total. The third-order valence-electron chi connectivity index (χ3n) is 2.61. The van der Waals surface area contributed by atoms with Gasteiger partial charge >= 0.3 is 0 Å². The Morgan fingerprint density at radius 3 is 2.75 bits per heavy atom. The Hall–Kier alpha value is -2.02. The van der Waals surface area contributed by atoms with Gasteiger partial charge in [0.25, 0.3) is 5.91 Å². The molecule has 106 valence electrons. The first-order valence-electron chi connectivity index (χ1n) is 6.40. The van der Waals surface area contributed by atoms with Gasteiger partial charge in [-0.1, -0.05) is 0 Å². The molecule has 0 aliphatic carbocycles. The van der Waals surface area contributed by atoms with Gasteiger partial charge in [-0.05, 0) is 32.9 Å². The number of anilines is 1. The Morgan fingerprint density at radius 2 is 2.20 bits per heavy atom. The maximum Gasteiger partial charge on any atom is 0.272 e. The molecule has 0 saturated carbocycles. The minimum Gasteiger partial charge on any atom is -0.369 e. The van der Waals surface area contributed by atoms with Crippen molar-refractivity contribution in [3.8, 4) is 0 Å². The molecular formula is C13H17N5OS. The van der Waals surface area contributed by atoms with Gasteiger partial charge in [0.2, 0.25) is 0 Å². The Balaban J connectivity index is 2.00. The predicted octanol–water partition coefficient (Wildman–Crippen LogP) is 2.16. The fourth-order valence-corrected chi connectivity index (χ4v) is 2.44. The first kappa shape index (κ1) is 14.4. The second kappa shape index (κ2) is 6.42. The second-order valence-corrected chi connectivity index (χ2v) is 5.25. The van der Waals surface area contributed by atoms with Gasteiger partial charge in [0, 0.05) is 17.6 Å². The molecule has 0 aliphatic rings. The highest BCUT2D eigenvalue weighted by Gasteiger charge is 2.15. The summed E-state index contributed by atoms with van der Waals surface area (Å²) in [6, 6.07) is 3.25. The average molecular weight is 291 g/mol. The lowest BCUT2D eigenvalue weighted by molar-refractivity contribution is 0.0934. The van der Waals surface area contributed by atoms with Crippen molar-refractivity contribution >= 4 is 23.1 Å². The first-order valence-corrected chi connectivity index (χ1v) is 7.28. The molecule has 0 bridgehead atoms. The summed E-state index contributed by atoms with van der Waals surface area (Å²) in [6.45, 7) is 6.57. The first-order chi connectivity index (χ1) is 9.60. The number of hydrogen-bond donors (Lipinski definition) is 2. The van der Waals surface area contributed by atoms with Gasteiger partial charge in [0.15, 0.2) is 5.69 Å². The molecule has 20 heavy (non-hydrogen) atoms. The van der Waals surface area contributed by atoms with Crippen LogP contribution in [0.4, 0.5) is 5.82 Å². The number of carbonyl (C=O) groups excluding carboxylic acids is 1. The zero-order chi connectivity index (χ0) is 14.5. The zero-order valence-electron chi connectivity index (χ0n) is 11.7. The van der Waals surface area contributed by atoms with Crippen molar-refractivity contribution in [1.29, 1.82) is 0 Å². The van der Waals surface area contributed by atoms with Crippen LogP contribution in [0.2, 0.25) is 0 Å². The van der Waals surface area contributed by atoms with Crippen LogP contribution in [0, 0.1) is 6.92 Å². The third kappa shape index (κ3) is 3.51. The molecule has 2 aromatic heterocycles. The molecular weight excluding hydrogens is 274 g/mol. The van der Waals surface area contributed by atoms with Gasteiger partial charge in [0.1, 0.15) is 10.8 Å². The van der Waals surface area contributed by atoms with E-state index >= 15 is 0 Å². The van der Waals surface area contributed by atoms with Crippen LogP contribution in [-0.2, 0) is 0 Å². The molecule has 7 heteroatoms. The number of aryl methyl sites for hydroxylation is 1. The largest absolute Gasteiger partial charge is 0.369 e. The predicted molar refractivity (Wildman–Crippen MR) is 78.9 cm³/mol. The Morgan fingerprint density at radius 1 is 1.40 bits per heavy atom. The van der Waals surface area contributed by atoms with E-state index in [9.17, 15) is 4.79 Å². The van der Waals surface area contributed by atoms with Gasteiger partial charge < -0.3 is 10.6 Å². The lowest BCUT2D eigenvalue weighted by Gasteiger charge is -2.10. The highest BCUT2D eigenvalue weighted by molar-refractivity contribution is 7.09. The van der Waals surface area contributed by atoms with E-state index in [0.717, 1.165) is 17.2 Å². The molecule has 2 aromatic rings. The highest BCUT2D eigenvalue weighted by atomic mass is 32.1. The third-order valence-corrected chi connectivity index (χ3v) is 3.76. The Kier molecular flexibility index (Phi) is 4.62. The van der Waals surface area contributed by atoms with Crippen molar-refractivity contribution in [3.05, 3.63) is 33.9 Å². The standard InChI is InChI=1S/C13H17N5OS/c1-4-14-11-6-5-10(17-18-11)12(19)16-9(3)13-15-8(2)7-20-13/h5-7,9H,4H2,1-3H3,(H,14,18)(H,16,19). The van der Waals surface area contributed by atoms with Crippen molar-refractivity contribution in [2.24, 2.45) is 0 Å². The monoisotopic (exact) mass is 291 g/mol. The molecule has 0 aliphatic heterocycles. The summed E-state index contributed by atoms with van der Waals surface area (Å²) >= 11 is 1.53. The van der Waals surface area contributed by atoms with Crippen LogP contribution in [0.3, 0.4) is 0 Å². The Labute approximate surface area is 121 Å². The summed E-state index contributed by atoms with van der Waals surface area (Å²) in [5, 5.41) is 16.6. The number of aromatic nitrogens is 3. The number of hydrogen-bond acceptors (Lipinski definition) is 6. The molecule has 1 atom stereocenters. The van der Waals surface area contributed by atoms with Crippen molar-refractivity contribution in [1.82, 2.24) is 20.5 Å². The Bertz CT molecular complexity index is 581. The number of thiazole rings is 1. The smallest absolute Gasteiger partial charge is 0.272 e. The molecule has 0 radical (unpaired) electrons. The van der Waals surface area contributed by atoms with E-state index in [1.807, 2.05) is 26.2 Å². The van der Waals surface area contributed by atoms with E-state index in [1.54, 1.807) is 12.1 Å². The van der Waals surface area contributed by atoms with E-state index in [-0.39, 0.29) is 11.9 Å². The van der Waals surface area contributed by atoms with Crippen molar-refractivity contribution in [3.63, 3.8) is 0 Å². The topological polar surface area (TPSA) is 79.8 Å². The van der Waals surface area contributed by atoms with Crippen LogP contribution >= 0.6 is 11.3 Å². The summed E-state index contributed by atoms with van der Waals surface area (Å²) in [7, 11) is 0. The van der Waals surface area contributed by atoms with E-state index in [1.165, 1.54) is 11.3 Å². The van der Waals surface area contributed by atoms with Gasteiger partial charge in [-0.3, -0.25) is 4.79 Å². The van der Waals surface area contributed by atoms with E-state index in [2.05, 4.69) is 25.8 Å². The van der Waals surface area contributed by atoms with Gasteiger partial charge in [-0.25, -0.2) is 4.98 Å². The van der Waals surface area contributed by atoms with E-state index < -0.39 is 0 Å². The summed E-state index contributed by atoms with van der Waals surface area (Å²) in [6.07, 6.45) is 0. The minimum atomic E-state index is -0.249. The maximum absolute atomic E-state index is 12.0. The number of nitrogens with zero attached hydrogens (tertiary/aromatic N) is 3. The van der Waals surface area contributed by atoms with Crippen LogP contribution in [0.15, 0.2) is 17.5 Å². The quantitative estimate of drug-likeness (QED) is 0.882. The lowest BCUT2D eigenvalue weighted by atomic mass is 10.3. The normalized spacial score (nSPS) is 11.9. The molecule has 0 saturated heterocycles. The van der Waals surface area contributed by atoms with Gasteiger partial charge in [-0.15, -0.1) is 21.5 Å². The van der Waals surface area contributed by atoms with Crippen LogP contribution in [0.5, 0.6) is 0 Å². The van der Waals surface area contributed by atoms with Crippen molar-refractivity contribution < 1.29 is 4.79 Å². The zero-order valence-corrected chi connectivity index (χ0v) is 12.5. The summed E-state index contributed by atoms with van der Waals surface area (Å²) < 4.78 is 0. The molecule has 0 spiro atoms. The summed E-state index contributed by atoms with van der Waals surface area (Å²) in [5.41, 5.74) is 1.26. The average Bonchev–Trinajstić information content (AvgIpc) is 2.86. The van der Waals surface area contributed by atoms with Gasteiger partial charge in [0.05, 0.1) is 6.04 Å². The molecule has 1 unspecified atom stereocenters. The second-order valence-electron chi connectivity index (χ2n) is 4.36. The minimum absolute atomic E-state index is 0.142. The van der Waals surface area contributed by atoms with Crippen LogP contribution < -0.4 is 10.6 Å². The fourth-order valence-electron chi connectivity index (χ4n) is 1.63. The number of amides is 1. The summed E-state index contributed by atoms with van der Waals surface area (Å²) in [4.78, 5) is 16.4. The molecule has 2 rings (SSSR count). The number of carbonyl (C=O) groups is 1. The van der Waals surface area contributed by atoms with Crippen LogP contribution in [0.25, 0.3) is 0 Å². The van der Waals surface area contributed by atoms with Crippen molar-refractivity contribution in [2.75, 3.05) is 11.9 Å². The highest BCUT2D eigenvalue weighted by Crippen LogP contribution is 2.17. The van der Waals surface area contributed by atoms with E-state index in [0.29, 0.717) is 11.5 Å². The SMILES string of the molecule is CCNc1ccc(C(=O)NC(C)c2nc(C)cs2)nn1.